The van der Waals surface area contributed by atoms with Crippen LogP contribution in [0.4, 0.5) is 0 Å². The standard InChI is InChI=1S/C9H15N/c1-3-4-5-6-9(2)7-8-10/h7H,3-6H2,1-2H3. The Hall–Kier alpha value is -0.770. The summed E-state index contributed by atoms with van der Waals surface area (Å²) < 4.78 is 0. The third kappa shape index (κ3) is 5.37. The van der Waals surface area contributed by atoms with Gasteiger partial charge in [-0.2, -0.15) is 5.26 Å². The molecule has 0 unspecified atom stereocenters. The average molecular weight is 137 g/mol. The van der Waals surface area contributed by atoms with Crippen LogP contribution in [0.3, 0.4) is 0 Å². The van der Waals surface area contributed by atoms with Crippen LogP contribution in [0.2, 0.25) is 0 Å². The Morgan fingerprint density at radius 3 is 2.70 bits per heavy atom. The Morgan fingerprint density at radius 1 is 1.50 bits per heavy atom. The average Bonchev–Trinajstić information content (AvgIpc) is 1.89. The van der Waals surface area contributed by atoms with E-state index in [9.17, 15) is 0 Å². The van der Waals surface area contributed by atoms with E-state index >= 15 is 0 Å². The SMILES string of the molecule is CCCCCC(C)=CC#N. The first-order chi connectivity index (χ1) is 4.81. The highest BCUT2D eigenvalue weighted by atomic mass is 14.2. The summed E-state index contributed by atoms with van der Waals surface area (Å²) in [6.45, 7) is 4.20. The summed E-state index contributed by atoms with van der Waals surface area (Å²) in [4.78, 5) is 0. The van der Waals surface area contributed by atoms with Crippen LogP contribution in [0.5, 0.6) is 0 Å². The van der Waals surface area contributed by atoms with Gasteiger partial charge in [0.1, 0.15) is 0 Å². The van der Waals surface area contributed by atoms with Crippen molar-refractivity contribution in [3.63, 3.8) is 0 Å². The van der Waals surface area contributed by atoms with Crippen molar-refractivity contribution in [3.05, 3.63) is 11.6 Å². The molecule has 0 heterocycles. The Bertz CT molecular complexity index is 139. The number of nitrogens with zero attached hydrogens (tertiary/aromatic N) is 1. The predicted octanol–water partition coefficient (Wildman–Crippen LogP) is 3.04. The summed E-state index contributed by atoms with van der Waals surface area (Å²) in [6, 6.07) is 2.03. The molecule has 0 saturated carbocycles. The fourth-order valence-electron chi connectivity index (χ4n) is 0.836. The lowest BCUT2D eigenvalue weighted by molar-refractivity contribution is 0.713. The Morgan fingerprint density at radius 2 is 2.20 bits per heavy atom. The fourth-order valence-corrected chi connectivity index (χ4v) is 0.836. The highest BCUT2D eigenvalue weighted by Crippen LogP contribution is 2.06. The molecule has 0 aromatic heterocycles. The summed E-state index contributed by atoms with van der Waals surface area (Å²) in [7, 11) is 0. The minimum atomic E-state index is 1.08. The second-order valence-electron chi connectivity index (χ2n) is 2.58. The molecule has 0 rings (SSSR count). The van der Waals surface area contributed by atoms with Crippen LogP contribution < -0.4 is 0 Å². The van der Waals surface area contributed by atoms with Gasteiger partial charge >= 0.3 is 0 Å². The van der Waals surface area contributed by atoms with E-state index in [1.165, 1.54) is 24.8 Å². The van der Waals surface area contributed by atoms with E-state index in [1.807, 2.05) is 13.0 Å². The molecule has 1 nitrogen and oxygen atoms in total. The maximum atomic E-state index is 8.27. The third-order valence-electron chi connectivity index (χ3n) is 1.49. The maximum Gasteiger partial charge on any atom is 0.0911 e. The summed E-state index contributed by atoms with van der Waals surface area (Å²) >= 11 is 0. The molecule has 0 aliphatic carbocycles. The van der Waals surface area contributed by atoms with Crippen molar-refractivity contribution >= 4 is 0 Å². The molecule has 0 N–H and O–H groups in total. The zero-order valence-corrected chi connectivity index (χ0v) is 6.85. The molecule has 0 radical (unpaired) electrons. The third-order valence-corrected chi connectivity index (χ3v) is 1.49. The molecular weight excluding hydrogens is 122 g/mol. The number of allylic oxidation sites excluding steroid dienone is 2. The first-order valence-corrected chi connectivity index (χ1v) is 3.86. The van der Waals surface area contributed by atoms with Gasteiger partial charge in [0.05, 0.1) is 6.07 Å². The molecule has 0 amide bonds. The van der Waals surface area contributed by atoms with Gasteiger partial charge < -0.3 is 0 Å². The van der Waals surface area contributed by atoms with Crippen LogP contribution in [0.25, 0.3) is 0 Å². The van der Waals surface area contributed by atoms with Gasteiger partial charge in [0.25, 0.3) is 0 Å². The number of unbranched alkanes of at least 4 members (excludes halogenated alkanes) is 2. The largest absolute Gasteiger partial charge is 0.193 e. The van der Waals surface area contributed by atoms with Gasteiger partial charge in [0, 0.05) is 6.08 Å². The Balaban J connectivity index is 3.32. The zero-order chi connectivity index (χ0) is 7.82. The fraction of sp³-hybridized carbons (Fsp3) is 0.667. The maximum absolute atomic E-state index is 8.27. The summed E-state index contributed by atoms with van der Waals surface area (Å²) in [5, 5.41) is 8.27. The first-order valence-electron chi connectivity index (χ1n) is 3.86. The van der Waals surface area contributed by atoms with Crippen molar-refractivity contribution in [1.82, 2.24) is 0 Å². The Labute approximate surface area is 63.4 Å². The van der Waals surface area contributed by atoms with E-state index in [2.05, 4.69) is 6.92 Å². The number of hydrogen-bond donors (Lipinski definition) is 0. The van der Waals surface area contributed by atoms with Crippen molar-refractivity contribution in [2.24, 2.45) is 0 Å². The quantitative estimate of drug-likeness (QED) is 0.431. The first kappa shape index (κ1) is 9.23. The van der Waals surface area contributed by atoms with E-state index in [4.69, 9.17) is 5.26 Å². The van der Waals surface area contributed by atoms with Crippen LogP contribution in [-0.4, -0.2) is 0 Å². The smallest absolute Gasteiger partial charge is 0.0911 e. The molecule has 0 aromatic rings. The van der Waals surface area contributed by atoms with Gasteiger partial charge in [-0.3, -0.25) is 0 Å². The molecule has 10 heavy (non-hydrogen) atoms. The molecule has 1 heteroatoms. The van der Waals surface area contributed by atoms with Gasteiger partial charge in [-0.05, 0) is 19.8 Å². The minimum absolute atomic E-state index is 1.08. The highest BCUT2D eigenvalue weighted by molar-refractivity contribution is 5.10. The molecule has 0 aliphatic rings. The van der Waals surface area contributed by atoms with Gasteiger partial charge in [0.2, 0.25) is 0 Å². The highest BCUT2D eigenvalue weighted by Gasteiger charge is 1.88. The monoisotopic (exact) mass is 137 g/mol. The van der Waals surface area contributed by atoms with Crippen LogP contribution >= 0.6 is 0 Å². The normalized spacial score (nSPS) is 11.1. The van der Waals surface area contributed by atoms with Crippen LogP contribution in [0, 0.1) is 11.3 Å². The van der Waals surface area contributed by atoms with E-state index in [-0.39, 0.29) is 0 Å². The summed E-state index contributed by atoms with van der Waals surface area (Å²) in [5.41, 5.74) is 1.20. The second-order valence-corrected chi connectivity index (χ2v) is 2.58. The number of hydrogen-bond acceptors (Lipinski definition) is 1. The molecular formula is C9H15N. The van der Waals surface area contributed by atoms with Crippen molar-refractivity contribution in [1.29, 1.82) is 5.26 Å². The lowest BCUT2D eigenvalue weighted by atomic mass is 10.1. The summed E-state index contributed by atoms with van der Waals surface area (Å²) in [6.07, 6.45) is 6.47. The van der Waals surface area contributed by atoms with Crippen LogP contribution in [-0.2, 0) is 0 Å². The van der Waals surface area contributed by atoms with Gasteiger partial charge in [-0.15, -0.1) is 0 Å². The second kappa shape index (κ2) is 6.35. The van der Waals surface area contributed by atoms with Gasteiger partial charge in [-0.1, -0.05) is 25.3 Å². The van der Waals surface area contributed by atoms with Crippen molar-refractivity contribution in [2.45, 2.75) is 39.5 Å². The number of rotatable bonds is 4. The molecule has 0 aliphatic heterocycles. The van der Waals surface area contributed by atoms with Gasteiger partial charge in [-0.25, -0.2) is 0 Å². The molecule has 0 atom stereocenters. The predicted molar refractivity (Wildman–Crippen MR) is 43.5 cm³/mol. The van der Waals surface area contributed by atoms with E-state index < -0.39 is 0 Å². The molecule has 0 saturated heterocycles. The van der Waals surface area contributed by atoms with Crippen LogP contribution in [0.1, 0.15) is 39.5 Å². The van der Waals surface area contributed by atoms with Gasteiger partial charge in [0.15, 0.2) is 0 Å². The summed E-state index contributed by atoms with van der Waals surface area (Å²) in [5.74, 6) is 0. The lowest BCUT2D eigenvalue weighted by Gasteiger charge is -1.96. The molecule has 0 fully saturated rings. The molecule has 0 aromatic carbocycles. The van der Waals surface area contributed by atoms with E-state index in [0.717, 1.165) is 6.42 Å². The van der Waals surface area contributed by atoms with E-state index in [1.54, 1.807) is 6.08 Å². The molecule has 0 bridgehead atoms. The van der Waals surface area contributed by atoms with Crippen molar-refractivity contribution < 1.29 is 0 Å². The molecule has 56 valence electrons. The van der Waals surface area contributed by atoms with Crippen LogP contribution in [0.15, 0.2) is 11.6 Å². The van der Waals surface area contributed by atoms with Crippen molar-refractivity contribution in [3.8, 4) is 6.07 Å². The van der Waals surface area contributed by atoms with Crippen molar-refractivity contribution in [2.75, 3.05) is 0 Å². The molecule has 0 spiro atoms. The minimum Gasteiger partial charge on any atom is -0.193 e. The lowest BCUT2D eigenvalue weighted by Crippen LogP contribution is -1.77. The van der Waals surface area contributed by atoms with E-state index in [0.29, 0.717) is 0 Å². The topological polar surface area (TPSA) is 23.8 Å². The number of nitriles is 1. The Kier molecular flexibility index (Phi) is 5.86. The zero-order valence-electron chi connectivity index (χ0n) is 6.85.